The molecule has 2 aromatic rings. The van der Waals surface area contributed by atoms with Crippen LogP contribution in [0.3, 0.4) is 0 Å². The Morgan fingerprint density at radius 3 is 2.77 bits per heavy atom. The first kappa shape index (κ1) is 18.4. The van der Waals surface area contributed by atoms with Crippen LogP contribution in [0.15, 0.2) is 34.7 Å². The topological polar surface area (TPSA) is 80.9 Å². The second kappa shape index (κ2) is 7.88. The summed E-state index contributed by atoms with van der Waals surface area (Å²) >= 11 is 0. The molecule has 6 nitrogen and oxygen atoms in total. The Morgan fingerprint density at radius 2 is 2.12 bits per heavy atom. The lowest BCUT2D eigenvalue weighted by molar-refractivity contribution is 0.0227. The molecule has 0 bridgehead atoms. The van der Waals surface area contributed by atoms with Crippen molar-refractivity contribution in [2.24, 2.45) is 5.92 Å². The number of aliphatic hydroxyl groups is 1. The maximum atomic E-state index is 13.8. The van der Waals surface area contributed by atoms with Crippen molar-refractivity contribution in [2.45, 2.75) is 31.6 Å². The van der Waals surface area contributed by atoms with E-state index in [4.69, 9.17) is 13.9 Å². The van der Waals surface area contributed by atoms with E-state index in [1.807, 2.05) is 0 Å². The SMILES string of the molecule is COCc1ccc(C(=O)N[C@@H](c2cc(F)ccc2OC)C2CC(O)C2)o1. The number of nitrogens with one attached hydrogen (secondary N) is 1. The predicted molar refractivity (Wildman–Crippen MR) is 91.3 cm³/mol. The maximum absolute atomic E-state index is 13.8. The summed E-state index contributed by atoms with van der Waals surface area (Å²) in [7, 11) is 3.03. The Balaban J connectivity index is 1.85. The molecule has 2 N–H and O–H groups in total. The van der Waals surface area contributed by atoms with Gasteiger partial charge in [-0.2, -0.15) is 0 Å². The molecule has 1 aromatic carbocycles. The minimum absolute atomic E-state index is 0.0157. The van der Waals surface area contributed by atoms with Gasteiger partial charge in [0.15, 0.2) is 5.76 Å². The van der Waals surface area contributed by atoms with Crippen molar-refractivity contribution in [1.82, 2.24) is 5.32 Å². The standard InChI is InChI=1S/C19H22FNO5/c1-24-10-14-4-6-17(26-14)19(23)21-18(11-7-13(22)8-11)15-9-12(20)3-5-16(15)25-2/h3-6,9,11,13,18,22H,7-8,10H2,1-2H3,(H,21,23)/t11?,13?,18-/m1/s1. The van der Waals surface area contributed by atoms with Gasteiger partial charge in [0.2, 0.25) is 0 Å². The predicted octanol–water partition coefficient (Wildman–Crippen LogP) is 2.82. The van der Waals surface area contributed by atoms with Crippen LogP contribution in [0.2, 0.25) is 0 Å². The largest absolute Gasteiger partial charge is 0.496 e. The van der Waals surface area contributed by atoms with Crippen LogP contribution in [0.25, 0.3) is 0 Å². The Labute approximate surface area is 150 Å². The summed E-state index contributed by atoms with van der Waals surface area (Å²) in [6, 6.07) is 6.94. The highest BCUT2D eigenvalue weighted by molar-refractivity contribution is 5.91. The molecule has 1 amide bonds. The quantitative estimate of drug-likeness (QED) is 0.791. The molecular weight excluding hydrogens is 341 g/mol. The molecule has 0 unspecified atom stereocenters. The normalized spacial score (nSPS) is 20.3. The summed E-state index contributed by atoms with van der Waals surface area (Å²) < 4.78 is 29.6. The molecule has 1 aliphatic rings. The Kier molecular flexibility index (Phi) is 5.58. The van der Waals surface area contributed by atoms with Gasteiger partial charge < -0.3 is 24.3 Å². The van der Waals surface area contributed by atoms with Gasteiger partial charge in [-0.15, -0.1) is 0 Å². The number of aliphatic hydroxyl groups excluding tert-OH is 1. The van der Waals surface area contributed by atoms with Gasteiger partial charge in [0.05, 0.1) is 19.3 Å². The molecule has 140 valence electrons. The van der Waals surface area contributed by atoms with Gasteiger partial charge in [-0.25, -0.2) is 4.39 Å². The van der Waals surface area contributed by atoms with Crippen LogP contribution in [-0.4, -0.2) is 31.3 Å². The highest BCUT2D eigenvalue weighted by Gasteiger charge is 2.37. The fourth-order valence-corrected chi connectivity index (χ4v) is 3.23. The van der Waals surface area contributed by atoms with E-state index >= 15 is 0 Å². The molecule has 1 heterocycles. The molecule has 0 aliphatic heterocycles. The van der Waals surface area contributed by atoms with Crippen molar-refractivity contribution in [3.63, 3.8) is 0 Å². The average molecular weight is 363 g/mol. The fourth-order valence-electron chi connectivity index (χ4n) is 3.23. The van der Waals surface area contributed by atoms with Crippen molar-refractivity contribution in [2.75, 3.05) is 14.2 Å². The maximum Gasteiger partial charge on any atom is 0.287 e. The molecule has 1 atom stereocenters. The number of ether oxygens (including phenoxy) is 2. The van der Waals surface area contributed by atoms with Crippen molar-refractivity contribution in [1.29, 1.82) is 0 Å². The summed E-state index contributed by atoms with van der Waals surface area (Å²) in [4.78, 5) is 12.6. The van der Waals surface area contributed by atoms with Crippen molar-refractivity contribution >= 4 is 5.91 Å². The molecule has 1 saturated carbocycles. The number of methoxy groups -OCH3 is 2. The van der Waals surface area contributed by atoms with Crippen LogP contribution in [0.5, 0.6) is 5.75 Å². The molecule has 1 fully saturated rings. The summed E-state index contributed by atoms with van der Waals surface area (Å²) in [5, 5.41) is 12.6. The minimum atomic E-state index is -0.493. The zero-order chi connectivity index (χ0) is 18.7. The summed E-state index contributed by atoms with van der Waals surface area (Å²) in [5.74, 6) is 0.329. The number of carbonyl (C=O) groups excluding carboxylic acids is 1. The zero-order valence-corrected chi connectivity index (χ0v) is 14.7. The summed E-state index contributed by atoms with van der Waals surface area (Å²) in [6.07, 6.45) is 0.644. The molecule has 1 aromatic heterocycles. The first-order valence-corrected chi connectivity index (χ1v) is 8.41. The van der Waals surface area contributed by atoms with E-state index in [9.17, 15) is 14.3 Å². The number of halogens is 1. The molecule has 26 heavy (non-hydrogen) atoms. The number of benzene rings is 1. The van der Waals surface area contributed by atoms with Gasteiger partial charge in [0.1, 0.15) is 23.9 Å². The molecule has 1 aliphatic carbocycles. The third-order valence-corrected chi connectivity index (χ3v) is 4.61. The van der Waals surface area contributed by atoms with Gasteiger partial charge >= 0.3 is 0 Å². The molecule has 0 saturated heterocycles. The number of hydrogen-bond donors (Lipinski definition) is 2. The second-order valence-electron chi connectivity index (χ2n) is 6.42. The molecule has 0 spiro atoms. The van der Waals surface area contributed by atoms with E-state index in [2.05, 4.69) is 5.32 Å². The zero-order valence-electron chi connectivity index (χ0n) is 14.7. The van der Waals surface area contributed by atoms with Crippen molar-refractivity contribution < 1.29 is 28.2 Å². The molecule has 7 heteroatoms. The minimum Gasteiger partial charge on any atom is -0.496 e. The first-order chi connectivity index (χ1) is 12.5. The number of amides is 1. The van der Waals surface area contributed by atoms with E-state index in [1.165, 1.54) is 32.4 Å². The lowest BCUT2D eigenvalue weighted by atomic mass is 9.75. The second-order valence-corrected chi connectivity index (χ2v) is 6.42. The third kappa shape index (κ3) is 3.89. The van der Waals surface area contributed by atoms with Crippen LogP contribution in [0, 0.1) is 11.7 Å². The lowest BCUT2D eigenvalue weighted by Gasteiger charge is -2.38. The van der Waals surface area contributed by atoms with Crippen molar-refractivity contribution in [3.8, 4) is 5.75 Å². The molecule has 0 radical (unpaired) electrons. The highest BCUT2D eigenvalue weighted by atomic mass is 19.1. The Hall–Kier alpha value is -2.38. The number of carbonyl (C=O) groups is 1. The lowest BCUT2D eigenvalue weighted by Crippen LogP contribution is -2.41. The molecule has 3 rings (SSSR count). The van der Waals surface area contributed by atoms with Crippen LogP contribution >= 0.6 is 0 Å². The highest BCUT2D eigenvalue weighted by Crippen LogP contribution is 2.41. The number of hydrogen-bond acceptors (Lipinski definition) is 5. The van der Waals surface area contributed by atoms with E-state index in [-0.39, 0.29) is 18.3 Å². The van der Waals surface area contributed by atoms with Gasteiger partial charge in [0, 0.05) is 12.7 Å². The fraction of sp³-hybridized carbons (Fsp3) is 0.421. The smallest absolute Gasteiger partial charge is 0.287 e. The van der Waals surface area contributed by atoms with Gasteiger partial charge in [-0.3, -0.25) is 4.79 Å². The van der Waals surface area contributed by atoms with E-state index < -0.39 is 23.9 Å². The average Bonchev–Trinajstić information content (AvgIpc) is 3.06. The van der Waals surface area contributed by atoms with E-state index in [0.717, 1.165) is 0 Å². The summed E-state index contributed by atoms with van der Waals surface area (Å²) in [5.41, 5.74) is 0.543. The van der Waals surface area contributed by atoms with Crippen LogP contribution in [-0.2, 0) is 11.3 Å². The van der Waals surface area contributed by atoms with Crippen LogP contribution in [0.4, 0.5) is 4.39 Å². The number of rotatable bonds is 7. The first-order valence-electron chi connectivity index (χ1n) is 8.41. The van der Waals surface area contributed by atoms with Gasteiger partial charge in [-0.1, -0.05) is 0 Å². The molecular formula is C19H22FNO5. The third-order valence-electron chi connectivity index (χ3n) is 4.61. The monoisotopic (exact) mass is 363 g/mol. The van der Waals surface area contributed by atoms with Crippen LogP contribution in [0.1, 0.15) is 40.8 Å². The van der Waals surface area contributed by atoms with E-state index in [1.54, 1.807) is 12.1 Å². The van der Waals surface area contributed by atoms with Gasteiger partial charge in [0.25, 0.3) is 5.91 Å². The van der Waals surface area contributed by atoms with E-state index in [0.29, 0.717) is 29.9 Å². The van der Waals surface area contributed by atoms with Crippen LogP contribution < -0.4 is 10.1 Å². The van der Waals surface area contributed by atoms with Gasteiger partial charge in [-0.05, 0) is 49.1 Å². The summed E-state index contributed by atoms with van der Waals surface area (Å²) in [6.45, 7) is 0.267. The Bertz CT molecular complexity index is 769. The van der Waals surface area contributed by atoms with Crippen molar-refractivity contribution in [3.05, 3.63) is 53.2 Å². The number of furan rings is 1. The Morgan fingerprint density at radius 1 is 1.35 bits per heavy atom.